The largest absolute Gasteiger partial charge is 0.497 e. The van der Waals surface area contributed by atoms with Gasteiger partial charge in [-0.05, 0) is 48.4 Å². The summed E-state index contributed by atoms with van der Waals surface area (Å²) < 4.78 is 7.54. The van der Waals surface area contributed by atoms with E-state index in [9.17, 15) is 0 Å². The van der Waals surface area contributed by atoms with Gasteiger partial charge < -0.3 is 9.30 Å². The predicted octanol–water partition coefficient (Wildman–Crippen LogP) is 6.30. The second kappa shape index (κ2) is 9.06. The molecule has 2 aromatic carbocycles. The summed E-state index contributed by atoms with van der Waals surface area (Å²) in [6.45, 7) is 3.19. The number of unbranched alkanes of at least 4 members (excludes halogenated alkanes) is 2. The minimum absolute atomic E-state index is 0.754. The van der Waals surface area contributed by atoms with E-state index in [-0.39, 0.29) is 0 Å². The molecule has 5 heteroatoms. The van der Waals surface area contributed by atoms with Crippen LogP contribution >= 0.6 is 22.9 Å². The Hall–Kier alpha value is -2.04. The summed E-state index contributed by atoms with van der Waals surface area (Å²) in [5.74, 6) is 0.841. The normalized spacial score (nSPS) is 11.7. The summed E-state index contributed by atoms with van der Waals surface area (Å²) in [6, 6.07) is 15.8. The Morgan fingerprint density at radius 1 is 1.04 bits per heavy atom. The van der Waals surface area contributed by atoms with Crippen LogP contribution < -0.4 is 9.54 Å². The maximum Gasteiger partial charge on any atom is 0.190 e. The molecule has 1 heterocycles. The zero-order chi connectivity index (χ0) is 18.4. The number of hydrogen-bond donors (Lipinski definition) is 0. The average Bonchev–Trinajstić information content (AvgIpc) is 3.06. The van der Waals surface area contributed by atoms with Crippen molar-refractivity contribution in [1.29, 1.82) is 0 Å². The van der Waals surface area contributed by atoms with Crippen molar-refractivity contribution in [3.63, 3.8) is 0 Å². The van der Waals surface area contributed by atoms with E-state index in [1.165, 1.54) is 24.1 Å². The van der Waals surface area contributed by atoms with Crippen LogP contribution in [0.25, 0.3) is 11.3 Å². The first-order valence-corrected chi connectivity index (χ1v) is 10.1. The molecule has 136 valence electrons. The number of aromatic nitrogens is 1. The second-order valence-corrected chi connectivity index (χ2v) is 7.35. The molecule has 1 aromatic heterocycles. The monoisotopic (exact) mass is 386 g/mol. The summed E-state index contributed by atoms with van der Waals surface area (Å²) in [5.41, 5.74) is 3.29. The van der Waals surface area contributed by atoms with Crippen LogP contribution in [0.1, 0.15) is 26.2 Å². The van der Waals surface area contributed by atoms with E-state index in [1.54, 1.807) is 18.4 Å². The molecule has 0 aliphatic rings. The Labute approximate surface area is 163 Å². The number of halogens is 1. The van der Waals surface area contributed by atoms with Crippen molar-refractivity contribution in [3.8, 4) is 17.0 Å². The van der Waals surface area contributed by atoms with E-state index in [4.69, 9.17) is 21.3 Å². The van der Waals surface area contributed by atoms with Crippen molar-refractivity contribution in [2.75, 3.05) is 7.11 Å². The minimum atomic E-state index is 0.754. The zero-order valence-electron chi connectivity index (χ0n) is 15.1. The number of nitrogens with zero attached hydrogens (tertiary/aromatic N) is 2. The number of hydrogen-bond acceptors (Lipinski definition) is 3. The van der Waals surface area contributed by atoms with E-state index in [0.29, 0.717) is 0 Å². The lowest BCUT2D eigenvalue weighted by molar-refractivity contribution is 0.415. The SMILES string of the molecule is CCCCCn1c(-c2ccc(Cl)cc2)csc1=Nc1ccc(OC)cc1. The molecule has 3 aromatic rings. The van der Waals surface area contributed by atoms with Gasteiger partial charge in [0.25, 0.3) is 0 Å². The molecule has 0 N–H and O–H groups in total. The molecule has 0 fully saturated rings. The van der Waals surface area contributed by atoms with Gasteiger partial charge in [0.1, 0.15) is 5.75 Å². The first-order valence-electron chi connectivity index (χ1n) is 8.84. The molecular formula is C21H23ClN2OS. The van der Waals surface area contributed by atoms with Crippen molar-refractivity contribution in [2.24, 2.45) is 4.99 Å². The Bertz CT molecular complexity index is 895. The Morgan fingerprint density at radius 2 is 1.77 bits per heavy atom. The van der Waals surface area contributed by atoms with Crippen molar-refractivity contribution in [3.05, 3.63) is 63.7 Å². The van der Waals surface area contributed by atoms with Crippen LogP contribution in [0.15, 0.2) is 58.9 Å². The average molecular weight is 387 g/mol. The summed E-state index contributed by atoms with van der Waals surface area (Å²) in [5, 5.41) is 2.93. The number of ether oxygens (including phenoxy) is 1. The highest BCUT2D eigenvalue weighted by molar-refractivity contribution is 7.07. The molecular weight excluding hydrogens is 364 g/mol. The number of methoxy groups -OCH3 is 1. The van der Waals surface area contributed by atoms with Crippen LogP contribution in [0.4, 0.5) is 5.69 Å². The van der Waals surface area contributed by atoms with Crippen LogP contribution in [0.3, 0.4) is 0 Å². The van der Waals surface area contributed by atoms with Crippen LogP contribution in [0.2, 0.25) is 5.02 Å². The third-order valence-corrected chi connectivity index (χ3v) is 5.34. The van der Waals surface area contributed by atoms with E-state index in [1.807, 2.05) is 36.4 Å². The molecule has 0 saturated carbocycles. The lowest BCUT2D eigenvalue weighted by Crippen LogP contribution is -2.16. The van der Waals surface area contributed by atoms with E-state index in [0.717, 1.165) is 34.2 Å². The van der Waals surface area contributed by atoms with Gasteiger partial charge in [-0.15, -0.1) is 11.3 Å². The summed E-state index contributed by atoms with van der Waals surface area (Å²) in [6.07, 6.45) is 3.56. The molecule has 0 bridgehead atoms. The van der Waals surface area contributed by atoms with Crippen LogP contribution in [0, 0.1) is 0 Å². The number of thiazole rings is 1. The molecule has 0 unspecified atom stereocenters. The molecule has 3 rings (SSSR count). The van der Waals surface area contributed by atoms with Gasteiger partial charge in [0, 0.05) is 16.9 Å². The van der Waals surface area contributed by atoms with Crippen molar-refractivity contribution in [2.45, 2.75) is 32.7 Å². The summed E-state index contributed by atoms with van der Waals surface area (Å²) >= 11 is 7.72. The lowest BCUT2D eigenvalue weighted by atomic mass is 10.1. The Kier molecular flexibility index (Phi) is 6.53. The van der Waals surface area contributed by atoms with Crippen LogP contribution in [-0.2, 0) is 6.54 Å². The fourth-order valence-electron chi connectivity index (χ4n) is 2.77. The molecule has 26 heavy (non-hydrogen) atoms. The number of rotatable bonds is 7. The standard InChI is InChI=1S/C21H23ClN2OS/c1-3-4-5-14-24-20(16-6-8-17(22)9-7-16)15-26-21(24)23-18-10-12-19(25-2)13-11-18/h6-13,15H,3-5,14H2,1-2H3. The maximum absolute atomic E-state index is 6.05. The molecule has 0 saturated heterocycles. The molecule has 0 aliphatic carbocycles. The van der Waals surface area contributed by atoms with Gasteiger partial charge >= 0.3 is 0 Å². The van der Waals surface area contributed by atoms with Gasteiger partial charge in [-0.1, -0.05) is 43.5 Å². The molecule has 0 aliphatic heterocycles. The van der Waals surface area contributed by atoms with E-state index in [2.05, 4.69) is 29.0 Å². The van der Waals surface area contributed by atoms with Gasteiger partial charge in [0.2, 0.25) is 0 Å². The maximum atomic E-state index is 6.05. The number of benzene rings is 2. The fraction of sp³-hybridized carbons (Fsp3) is 0.286. The summed E-state index contributed by atoms with van der Waals surface area (Å²) in [7, 11) is 1.67. The fourth-order valence-corrected chi connectivity index (χ4v) is 3.85. The molecule has 0 atom stereocenters. The molecule has 0 spiro atoms. The second-order valence-electron chi connectivity index (χ2n) is 6.08. The smallest absolute Gasteiger partial charge is 0.190 e. The topological polar surface area (TPSA) is 26.5 Å². The van der Waals surface area contributed by atoms with Crippen LogP contribution in [-0.4, -0.2) is 11.7 Å². The van der Waals surface area contributed by atoms with Gasteiger partial charge in [0.15, 0.2) is 4.80 Å². The van der Waals surface area contributed by atoms with E-state index < -0.39 is 0 Å². The van der Waals surface area contributed by atoms with Crippen molar-refractivity contribution in [1.82, 2.24) is 4.57 Å². The molecule has 3 nitrogen and oxygen atoms in total. The Morgan fingerprint density at radius 3 is 2.42 bits per heavy atom. The first kappa shape index (κ1) is 18.7. The molecule has 0 radical (unpaired) electrons. The van der Waals surface area contributed by atoms with Crippen molar-refractivity contribution < 1.29 is 4.74 Å². The zero-order valence-corrected chi connectivity index (χ0v) is 16.7. The molecule has 0 amide bonds. The van der Waals surface area contributed by atoms with Crippen molar-refractivity contribution >= 4 is 28.6 Å². The minimum Gasteiger partial charge on any atom is -0.497 e. The highest BCUT2D eigenvalue weighted by Crippen LogP contribution is 2.24. The third-order valence-electron chi connectivity index (χ3n) is 4.22. The van der Waals surface area contributed by atoms with Crippen LogP contribution in [0.5, 0.6) is 5.75 Å². The van der Waals surface area contributed by atoms with Gasteiger partial charge in [-0.3, -0.25) is 0 Å². The van der Waals surface area contributed by atoms with Gasteiger partial charge in [-0.2, -0.15) is 0 Å². The third kappa shape index (κ3) is 4.57. The van der Waals surface area contributed by atoms with Gasteiger partial charge in [-0.25, -0.2) is 4.99 Å². The van der Waals surface area contributed by atoms with E-state index >= 15 is 0 Å². The summed E-state index contributed by atoms with van der Waals surface area (Å²) in [4.78, 5) is 5.87. The highest BCUT2D eigenvalue weighted by Gasteiger charge is 2.08. The predicted molar refractivity (Wildman–Crippen MR) is 110 cm³/mol. The van der Waals surface area contributed by atoms with Gasteiger partial charge in [0.05, 0.1) is 18.5 Å². The Balaban J connectivity index is 2.00. The highest BCUT2D eigenvalue weighted by atomic mass is 35.5. The quantitative estimate of drug-likeness (QED) is 0.437. The lowest BCUT2D eigenvalue weighted by Gasteiger charge is -2.09. The first-order chi connectivity index (χ1) is 12.7.